The van der Waals surface area contributed by atoms with Crippen LogP contribution in [0.2, 0.25) is 0 Å². The number of allylic oxidation sites excluding steroid dienone is 4. The van der Waals surface area contributed by atoms with Crippen LogP contribution in [0.25, 0.3) is 0 Å². The molecule has 39 heavy (non-hydrogen) atoms. The van der Waals surface area contributed by atoms with Crippen LogP contribution in [-0.2, 0) is 16.6 Å². The van der Waals surface area contributed by atoms with Crippen LogP contribution in [0.15, 0.2) is 23.3 Å². The van der Waals surface area contributed by atoms with Crippen molar-refractivity contribution in [1.29, 1.82) is 0 Å². The lowest BCUT2D eigenvalue weighted by molar-refractivity contribution is -0.177. The van der Waals surface area contributed by atoms with Gasteiger partial charge in [0.15, 0.2) is 0 Å². The van der Waals surface area contributed by atoms with Gasteiger partial charge in [0.1, 0.15) is 5.82 Å². The molecule has 4 N–H and O–H groups in total. The third kappa shape index (κ3) is 3.25. The van der Waals surface area contributed by atoms with Crippen molar-refractivity contribution >= 4 is 11.8 Å². The van der Waals surface area contributed by atoms with E-state index in [4.69, 9.17) is 10.8 Å². The van der Waals surface area contributed by atoms with E-state index in [1.54, 1.807) is 0 Å². The Morgan fingerprint density at radius 1 is 1.03 bits per heavy atom. The van der Waals surface area contributed by atoms with E-state index in [1.165, 1.54) is 35.2 Å². The zero-order valence-corrected chi connectivity index (χ0v) is 25.6. The summed E-state index contributed by atoms with van der Waals surface area (Å²) in [6.07, 6.45) is 13.5. The summed E-state index contributed by atoms with van der Waals surface area (Å²) in [5.74, 6) is 1.33. The zero-order chi connectivity index (χ0) is 28.4. The fraction of sp³-hybridized carbons (Fsp3) is 0.765. The smallest absolute Gasteiger partial charge is 0.310 e. The lowest BCUT2D eigenvalue weighted by atomic mass is 9.33. The van der Waals surface area contributed by atoms with Crippen molar-refractivity contribution in [1.82, 2.24) is 10.2 Å². The Morgan fingerprint density at radius 2 is 1.72 bits per heavy atom. The minimum absolute atomic E-state index is 0.0118. The topological polar surface area (TPSA) is 92.0 Å². The second kappa shape index (κ2) is 8.03. The number of nitrogen functional groups attached to an aromatic ring is 1. The molecule has 0 amide bonds. The van der Waals surface area contributed by atoms with Crippen molar-refractivity contribution in [3.05, 3.63) is 34.6 Å². The quantitative estimate of drug-likeness (QED) is 0.361. The highest BCUT2D eigenvalue weighted by Gasteiger charge is 2.70. The molecule has 1 aromatic heterocycles. The Kier molecular flexibility index (Phi) is 5.59. The third-order valence-electron chi connectivity index (χ3n) is 13.8. The minimum Gasteiger partial charge on any atom is -0.481 e. The van der Waals surface area contributed by atoms with Gasteiger partial charge < -0.3 is 10.8 Å². The van der Waals surface area contributed by atoms with Crippen molar-refractivity contribution < 1.29 is 9.90 Å². The Labute approximate surface area is 235 Å². The molecule has 3 saturated carbocycles. The number of hydrogen-bond acceptors (Lipinski definition) is 3. The fourth-order valence-corrected chi connectivity index (χ4v) is 11.6. The zero-order valence-electron chi connectivity index (χ0n) is 25.6. The maximum Gasteiger partial charge on any atom is 0.310 e. The molecule has 5 aliphatic carbocycles. The van der Waals surface area contributed by atoms with Gasteiger partial charge in [-0.25, -0.2) is 0 Å². The number of aliphatic carboxylic acids is 1. The van der Waals surface area contributed by atoms with Gasteiger partial charge in [-0.1, -0.05) is 66.2 Å². The number of fused-ring (bicyclic) bond motifs is 8. The summed E-state index contributed by atoms with van der Waals surface area (Å²) in [6.45, 7) is 19.3. The van der Waals surface area contributed by atoms with E-state index in [9.17, 15) is 9.90 Å². The largest absolute Gasteiger partial charge is 0.481 e. The predicted molar refractivity (Wildman–Crippen MR) is 157 cm³/mol. The monoisotopic (exact) mass is 533 g/mol. The highest BCUT2D eigenvalue weighted by molar-refractivity contribution is 5.77. The van der Waals surface area contributed by atoms with Crippen molar-refractivity contribution in [2.75, 3.05) is 5.73 Å². The molecule has 1 heterocycles. The van der Waals surface area contributed by atoms with Crippen molar-refractivity contribution in [3.63, 3.8) is 0 Å². The normalized spacial score (nSPS) is 44.2. The van der Waals surface area contributed by atoms with E-state index in [0.717, 1.165) is 50.8 Å². The number of aromatic nitrogens is 2. The van der Waals surface area contributed by atoms with E-state index >= 15 is 0 Å². The number of hydrogen-bond donors (Lipinski definition) is 3. The molecule has 7 atom stereocenters. The molecule has 1 aromatic rings. The van der Waals surface area contributed by atoms with E-state index in [0.29, 0.717) is 11.8 Å². The standard InChI is InChI=1S/C34H51N3O2/c1-9-10-20-17-24-31(6)18-21-26(36-37-27(21)35)30(4,5)23(31)11-12-32(24,7)33(8)14-16-34(28(38)39)15-13-29(2,3)19-22(34)25(20)33/h9-10,22-24H,11-19H2,1-8H3,(H,38,39)(H3,35,36,37). The number of nitrogens with one attached hydrogen (secondary N) is 1. The summed E-state index contributed by atoms with van der Waals surface area (Å²) in [6, 6.07) is 0. The van der Waals surface area contributed by atoms with Crippen LogP contribution in [-0.4, -0.2) is 21.3 Å². The second-order valence-corrected chi connectivity index (χ2v) is 16.3. The number of aromatic amines is 1. The first-order valence-corrected chi connectivity index (χ1v) is 15.5. The molecule has 6 rings (SSSR count). The first-order valence-electron chi connectivity index (χ1n) is 15.5. The van der Waals surface area contributed by atoms with Gasteiger partial charge in [-0.3, -0.25) is 9.89 Å². The highest BCUT2D eigenvalue weighted by Crippen LogP contribution is 2.76. The molecule has 214 valence electrons. The van der Waals surface area contributed by atoms with Crippen molar-refractivity contribution in [3.8, 4) is 0 Å². The van der Waals surface area contributed by atoms with Gasteiger partial charge in [-0.05, 0) is 110 Å². The lowest BCUT2D eigenvalue weighted by Crippen LogP contribution is -2.65. The van der Waals surface area contributed by atoms with E-state index in [-0.39, 0.29) is 33.0 Å². The molecule has 5 aliphatic rings. The average Bonchev–Trinajstić information content (AvgIpc) is 3.20. The summed E-state index contributed by atoms with van der Waals surface area (Å²) >= 11 is 0. The fourth-order valence-electron chi connectivity index (χ4n) is 11.6. The predicted octanol–water partition coefficient (Wildman–Crippen LogP) is 7.84. The molecule has 0 spiro atoms. The summed E-state index contributed by atoms with van der Waals surface area (Å²) in [7, 11) is 0. The number of nitrogens with zero attached hydrogens (tertiary/aromatic N) is 1. The van der Waals surface area contributed by atoms with Gasteiger partial charge in [-0.15, -0.1) is 0 Å². The van der Waals surface area contributed by atoms with Crippen LogP contribution in [0, 0.1) is 44.8 Å². The summed E-state index contributed by atoms with van der Waals surface area (Å²) in [4.78, 5) is 13.1. The molecule has 0 bridgehead atoms. The first kappa shape index (κ1) is 27.1. The van der Waals surface area contributed by atoms with Gasteiger partial charge in [-0.2, -0.15) is 5.10 Å². The highest BCUT2D eigenvalue weighted by atomic mass is 16.4. The van der Waals surface area contributed by atoms with Gasteiger partial charge in [0.05, 0.1) is 11.1 Å². The summed E-state index contributed by atoms with van der Waals surface area (Å²) in [5, 5.41) is 18.6. The number of rotatable bonds is 2. The Bertz CT molecular complexity index is 1290. The molecule has 3 fully saturated rings. The van der Waals surface area contributed by atoms with Crippen LogP contribution in [0.4, 0.5) is 5.82 Å². The van der Waals surface area contributed by atoms with Crippen LogP contribution >= 0.6 is 0 Å². The van der Waals surface area contributed by atoms with Gasteiger partial charge in [0, 0.05) is 11.0 Å². The van der Waals surface area contributed by atoms with E-state index < -0.39 is 11.4 Å². The lowest BCUT2D eigenvalue weighted by Gasteiger charge is -2.71. The molecule has 7 unspecified atom stereocenters. The summed E-state index contributed by atoms with van der Waals surface area (Å²) < 4.78 is 0. The number of carboxylic acid groups (broad SMARTS) is 1. The van der Waals surface area contributed by atoms with Gasteiger partial charge in [0.25, 0.3) is 0 Å². The van der Waals surface area contributed by atoms with Gasteiger partial charge >= 0.3 is 5.97 Å². The van der Waals surface area contributed by atoms with Crippen LogP contribution in [0.5, 0.6) is 0 Å². The van der Waals surface area contributed by atoms with Crippen LogP contribution < -0.4 is 5.73 Å². The number of anilines is 1. The van der Waals surface area contributed by atoms with Crippen LogP contribution in [0.3, 0.4) is 0 Å². The third-order valence-corrected chi connectivity index (χ3v) is 13.8. The Hall–Kier alpha value is -2.04. The maximum atomic E-state index is 13.1. The Morgan fingerprint density at radius 3 is 2.38 bits per heavy atom. The molecule has 0 radical (unpaired) electrons. The molecule has 0 aliphatic heterocycles. The SMILES string of the molecule is CC=CC1=C2C3CC(C)(C)CCC3(C(=O)O)CCC2(C)C2(C)CCC3C(C)(C)c4n[nH]c(N)c4CC3(C)C2C1. The molecule has 5 heteroatoms. The van der Waals surface area contributed by atoms with E-state index in [1.807, 2.05) is 0 Å². The van der Waals surface area contributed by atoms with Gasteiger partial charge in [0.2, 0.25) is 0 Å². The Balaban J connectivity index is 1.56. The van der Waals surface area contributed by atoms with Crippen LogP contribution in [0.1, 0.15) is 118 Å². The van der Waals surface area contributed by atoms with Crippen molar-refractivity contribution in [2.45, 2.75) is 119 Å². The number of carboxylic acids is 1. The second-order valence-electron chi connectivity index (χ2n) is 16.3. The number of H-pyrrole nitrogens is 1. The van der Waals surface area contributed by atoms with E-state index in [2.05, 4.69) is 72.6 Å². The maximum absolute atomic E-state index is 13.1. The molecule has 0 aromatic carbocycles. The minimum atomic E-state index is -0.617. The molecule has 0 saturated heterocycles. The first-order chi connectivity index (χ1) is 18.1. The number of nitrogens with two attached hydrogens (primary N) is 1. The number of carbonyl (C=O) groups is 1. The summed E-state index contributed by atoms with van der Waals surface area (Å²) in [5.41, 5.74) is 11.6. The van der Waals surface area contributed by atoms with Crippen molar-refractivity contribution in [2.24, 2.45) is 44.8 Å². The average molecular weight is 534 g/mol. The molecule has 5 nitrogen and oxygen atoms in total. The molecular weight excluding hydrogens is 482 g/mol. The molecular formula is C34H51N3O2.